The van der Waals surface area contributed by atoms with Crippen molar-refractivity contribution in [2.75, 3.05) is 0 Å². The van der Waals surface area contributed by atoms with Gasteiger partial charge in [-0.05, 0) is 0 Å². The summed E-state index contributed by atoms with van der Waals surface area (Å²) in [5.74, 6) is 0. The van der Waals surface area contributed by atoms with Gasteiger partial charge in [-0.2, -0.15) is 0 Å². The van der Waals surface area contributed by atoms with Crippen molar-refractivity contribution in [2.45, 2.75) is 0 Å². The summed E-state index contributed by atoms with van der Waals surface area (Å²) < 4.78 is 29.5. The predicted molar refractivity (Wildman–Crippen MR) is 17.3 cm³/mol. The monoisotopic (exact) mass is 184 g/mol. The summed E-state index contributed by atoms with van der Waals surface area (Å²) in [5.41, 5.74) is 0. The van der Waals surface area contributed by atoms with Gasteiger partial charge in [0.25, 0.3) is 0 Å². The van der Waals surface area contributed by atoms with Gasteiger partial charge < -0.3 is 0 Å². The molecule has 28 valence electrons. The predicted octanol–water partition coefficient (Wildman–Crippen LogP) is 2.15. The number of hydrogen-bond acceptors (Lipinski definition) is 0. The molecule has 0 aromatic carbocycles. The van der Waals surface area contributed by atoms with Crippen molar-refractivity contribution in [2.24, 2.45) is 0 Å². The molecule has 0 atom stereocenters. The van der Waals surface area contributed by atoms with E-state index in [0.717, 1.165) is 0 Å². The average Bonchev–Trinajstić information content (AvgIpc) is 0.811. The summed E-state index contributed by atoms with van der Waals surface area (Å²) in [5, 5.41) is 0. The average molecular weight is 184 g/mol. The van der Waals surface area contributed by atoms with Gasteiger partial charge >= 0.3 is 30.1 Å². The van der Waals surface area contributed by atoms with Crippen LogP contribution in [-0.2, 0) is 0 Å². The third-order valence-electron chi connectivity index (χ3n) is 0. The summed E-state index contributed by atoms with van der Waals surface area (Å²) in [6, 6.07) is 0. The van der Waals surface area contributed by atoms with Gasteiger partial charge in [0.15, 0.2) is 0 Å². The van der Waals surface area contributed by atoms with Crippen molar-refractivity contribution in [3.8, 4) is 0 Å². The molecule has 0 N–H and O–H groups in total. The van der Waals surface area contributed by atoms with Crippen LogP contribution in [-0.4, -0.2) is 0 Å². The van der Waals surface area contributed by atoms with Crippen molar-refractivity contribution in [3.63, 3.8) is 0 Å². The van der Waals surface area contributed by atoms with Crippen molar-refractivity contribution in [3.05, 3.63) is 0 Å². The van der Waals surface area contributed by atoms with Crippen LogP contribution in [0.25, 0.3) is 0 Å². The minimum absolute atomic E-state index is 4.76. The molecule has 0 nitrogen and oxygen atoms in total. The maximum atomic E-state index is 9.82. The van der Waals surface area contributed by atoms with Crippen LogP contribution in [0.3, 0.4) is 0 Å². The molecule has 4 heteroatoms. The second-order valence-electron chi connectivity index (χ2n) is 0.162. The van der Waals surface area contributed by atoms with E-state index in [-0.39, 0.29) is 0 Å². The van der Waals surface area contributed by atoms with E-state index in [1.165, 1.54) is 0 Å². The van der Waals surface area contributed by atoms with E-state index in [1.54, 1.807) is 0 Å². The fourth-order valence-electron chi connectivity index (χ4n) is 0. The molecular weight excluding hydrogens is 184 g/mol. The van der Waals surface area contributed by atoms with E-state index < -0.39 is 21.5 Å². The van der Waals surface area contributed by atoms with Crippen LogP contribution >= 0.6 is 21.5 Å². The van der Waals surface area contributed by atoms with Gasteiger partial charge in [0.1, 0.15) is 0 Å². The molecule has 0 radical (unpaired) electrons. The fraction of sp³-hybridized carbons (Fsp3) is 0. The first-order valence-electron chi connectivity index (χ1n) is 0.429. The Morgan fingerprint density at radius 1 is 1.00 bits per heavy atom. The Balaban J connectivity index is 2.32. The quantitative estimate of drug-likeness (QED) is 0.506. The van der Waals surface area contributed by atoms with Crippen LogP contribution in [0.1, 0.15) is 0 Å². The molecule has 0 saturated heterocycles. The molecule has 0 bridgehead atoms. The Morgan fingerprint density at radius 3 is 1.00 bits per heavy atom. The van der Waals surface area contributed by atoms with E-state index >= 15 is 0 Å². The zero-order chi connectivity index (χ0) is 3.58. The summed E-state index contributed by atoms with van der Waals surface area (Å²) in [7, 11) is 0. The zero-order valence-electron chi connectivity index (χ0n) is 1.51. The van der Waals surface area contributed by atoms with Gasteiger partial charge in [0.2, 0.25) is 0 Å². The first-order valence-corrected chi connectivity index (χ1v) is 2.87. The summed E-state index contributed by atoms with van der Waals surface area (Å²) in [6.45, 7) is 0. The van der Waals surface area contributed by atoms with E-state index in [2.05, 4.69) is 0 Å². The molecule has 0 unspecified atom stereocenters. The van der Waals surface area contributed by atoms with Crippen LogP contribution in [0.5, 0.6) is 0 Å². The van der Waals surface area contributed by atoms with Crippen LogP contribution in [0.15, 0.2) is 0 Å². The van der Waals surface area contributed by atoms with Crippen LogP contribution in [0, 0.1) is 0 Å². The second kappa shape index (κ2) is 1.80. The van der Waals surface area contributed by atoms with Gasteiger partial charge in [-0.1, -0.05) is 0 Å². The first kappa shape index (κ1) is 4.52. The third-order valence-corrected chi connectivity index (χ3v) is 0. The topological polar surface area (TPSA) is 0 Å². The molecule has 0 aliphatic heterocycles. The second-order valence-corrected chi connectivity index (χ2v) is 1.09. The number of rotatable bonds is 0. The van der Waals surface area contributed by atoms with E-state index in [1.807, 2.05) is 0 Å². The van der Waals surface area contributed by atoms with Crippen molar-refractivity contribution < 1.29 is 8.58 Å². The van der Waals surface area contributed by atoms with Gasteiger partial charge in [-0.25, -0.2) is 0 Å². The molecule has 0 spiro atoms. The third kappa shape index (κ3) is 21.5. The zero-order valence-corrected chi connectivity index (χ0v) is 3.67. The van der Waals surface area contributed by atoms with Crippen LogP contribution in [0.4, 0.5) is 8.58 Å². The summed E-state index contributed by atoms with van der Waals surface area (Å²) >= 11 is -4.76. The Kier molecular flexibility index (Phi) is 2.04. The molecule has 0 fully saturated rings. The van der Waals surface area contributed by atoms with Crippen molar-refractivity contribution in [1.29, 1.82) is 0 Å². The molecule has 0 saturated carbocycles. The molecule has 0 rings (SSSR count). The van der Waals surface area contributed by atoms with E-state index in [4.69, 9.17) is 0 Å². The minimum atomic E-state index is -4.76. The molecular formula is F3I. The molecule has 0 heterocycles. The summed E-state index contributed by atoms with van der Waals surface area (Å²) in [4.78, 5) is 0. The van der Waals surface area contributed by atoms with Crippen molar-refractivity contribution >= 4 is 21.5 Å². The van der Waals surface area contributed by atoms with Crippen molar-refractivity contribution in [1.82, 2.24) is 0 Å². The molecule has 4 heavy (non-hydrogen) atoms. The van der Waals surface area contributed by atoms with E-state index in [9.17, 15) is 8.58 Å². The van der Waals surface area contributed by atoms with E-state index in [0.29, 0.717) is 0 Å². The van der Waals surface area contributed by atoms with Gasteiger partial charge in [-0.3, -0.25) is 0 Å². The van der Waals surface area contributed by atoms with Gasteiger partial charge in [-0.15, -0.1) is 0 Å². The van der Waals surface area contributed by atoms with Crippen LogP contribution < -0.4 is 0 Å². The number of halogens is 4. The van der Waals surface area contributed by atoms with Gasteiger partial charge in [0.05, 0.1) is 0 Å². The normalized spacial score (nSPS) is 11.2. The van der Waals surface area contributed by atoms with Gasteiger partial charge in [0, 0.05) is 0 Å². The Morgan fingerprint density at radius 2 is 1.00 bits per heavy atom. The maximum absolute atomic E-state index is 9.82. The Labute approximate surface area is 30.7 Å². The van der Waals surface area contributed by atoms with Crippen LogP contribution in [0.2, 0.25) is 0 Å². The first-order chi connectivity index (χ1) is 1.73. The number of hydrogen-bond donors (Lipinski definition) is 0. The Hall–Kier alpha value is 0.520. The summed E-state index contributed by atoms with van der Waals surface area (Å²) in [6.07, 6.45) is 0. The Bertz CT molecular complexity index is 8.00. The molecule has 0 aliphatic rings. The standard InChI is InChI=1S/F3I/c1-4(2)3. The molecule has 0 aliphatic carbocycles. The molecule has 0 aromatic rings. The fourth-order valence-corrected chi connectivity index (χ4v) is 0. The molecule has 0 amide bonds. The molecule has 0 aromatic heterocycles. The SMILES string of the molecule is FI(F)F.